The Morgan fingerprint density at radius 3 is 2.37 bits per heavy atom. The Balaban J connectivity index is 2.37. The molecule has 3 rings (SSSR count). The van der Waals surface area contributed by atoms with Crippen molar-refractivity contribution in [2.75, 3.05) is 0 Å². The molecule has 0 aliphatic heterocycles. The Hall–Kier alpha value is -2.32. The zero-order valence-corrected chi connectivity index (χ0v) is 15.2. The number of hydrogen-bond acceptors (Lipinski definition) is 3. The topological polar surface area (TPSA) is 55.4 Å². The van der Waals surface area contributed by atoms with Crippen molar-refractivity contribution in [3.63, 3.8) is 0 Å². The van der Waals surface area contributed by atoms with Crippen molar-refractivity contribution in [1.82, 2.24) is 4.57 Å². The predicted octanol–water partition coefficient (Wildman–Crippen LogP) is 4.84. The summed E-state index contributed by atoms with van der Waals surface area (Å²) in [5, 5.41) is 10.1. The van der Waals surface area contributed by atoms with Crippen molar-refractivity contribution in [1.29, 1.82) is 0 Å². The molecule has 0 saturated heterocycles. The van der Waals surface area contributed by atoms with Gasteiger partial charge >= 0.3 is 6.18 Å². The minimum absolute atomic E-state index is 0.0205. The highest BCUT2D eigenvalue weighted by Crippen LogP contribution is 2.39. The molecule has 1 aromatic carbocycles. The lowest BCUT2D eigenvalue weighted by Crippen LogP contribution is -2.26. The molecule has 3 aromatic rings. The molecule has 0 aliphatic rings. The number of rotatable bonds is 2. The van der Waals surface area contributed by atoms with Gasteiger partial charge in [0, 0.05) is 18.0 Å². The molecule has 0 atom stereocenters. The monoisotopic (exact) mass is 403 g/mol. The van der Waals surface area contributed by atoms with Crippen LogP contribution in [0.1, 0.15) is 25.3 Å². The fraction of sp³-hybridized carbons (Fsp3) is 0.278. The lowest BCUT2D eigenvalue weighted by Gasteiger charge is -2.14. The zero-order chi connectivity index (χ0) is 20.3. The van der Waals surface area contributed by atoms with Crippen LogP contribution in [0.3, 0.4) is 0 Å². The van der Waals surface area contributed by atoms with E-state index in [0.29, 0.717) is 10.6 Å². The molecule has 0 unspecified atom stereocenters. The largest absolute Gasteiger partial charge is 0.456 e. The predicted molar refractivity (Wildman–Crippen MR) is 92.1 cm³/mol. The molecular weight excluding hydrogens is 390 g/mol. The van der Waals surface area contributed by atoms with Gasteiger partial charge in [0.1, 0.15) is 22.9 Å². The van der Waals surface area contributed by atoms with Crippen molar-refractivity contribution in [2.45, 2.75) is 25.6 Å². The van der Waals surface area contributed by atoms with E-state index < -0.39 is 28.8 Å². The van der Waals surface area contributed by atoms with Gasteiger partial charge in [-0.1, -0.05) is 11.6 Å². The Bertz CT molecular complexity index is 1110. The van der Waals surface area contributed by atoms with Crippen LogP contribution in [0.2, 0.25) is 5.02 Å². The third-order valence-corrected chi connectivity index (χ3v) is 4.46. The number of aliphatic hydroxyl groups is 1. The number of furan rings is 1. The summed E-state index contributed by atoms with van der Waals surface area (Å²) >= 11 is 5.99. The third-order valence-electron chi connectivity index (χ3n) is 4.18. The fourth-order valence-electron chi connectivity index (χ4n) is 2.82. The minimum atomic E-state index is -4.73. The SMILES string of the molecule is Cn1c(C(F)(F)F)ccc(-c2c(F)cc(Cl)c3oc(C(C)(C)O)cc23)c1=O. The molecular formula is C18H14ClF4NO3. The maximum absolute atomic E-state index is 14.7. The minimum Gasteiger partial charge on any atom is -0.456 e. The van der Waals surface area contributed by atoms with E-state index in [1.165, 1.54) is 19.9 Å². The molecule has 0 radical (unpaired) electrons. The highest BCUT2D eigenvalue weighted by Gasteiger charge is 2.34. The van der Waals surface area contributed by atoms with Gasteiger partial charge in [0.05, 0.1) is 10.6 Å². The van der Waals surface area contributed by atoms with E-state index in [1.807, 2.05) is 0 Å². The number of halogens is 5. The van der Waals surface area contributed by atoms with Gasteiger partial charge in [-0.15, -0.1) is 0 Å². The van der Waals surface area contributed by atoms with Crippen LogP contribution in [0.25, 0.3) is 22.1 Å². The maximum Gasteiger partial charge on any atom is 0.431 e. The second-order valence-corrected chi connectivity index (χ2v) is 7.03. The van der Waals surface area contributed by atoms with Crippen LogP contribution in [0, 0.1) is 5.82 Å². The van der Waals surface area contributed by atoms with E-state index >= 15 is 0 Å². The summed E-state index contributed by atoms with van der Waals surface area (Å²) in [6.45, 7) is 2.87. The number of pyridine rings is 1. The Labute approximate surface area is 155 Å². The van der Waals surface area contributed by atoms with E-state index in [2.05, 4.69) is 0 Å². The summed E-state index contributed by atoms with van der Waals surface area (Å²) in [4.78, 5) is 12.5. The first kappa shape index (κ1) is 19.4. The molecule has 4 nitrogen and oxygen atoms in total. The van der Waals surface area contributed by atoms with Gasteiger partial charge in [0.15, 0.2) is 5.58 Å². The summed E-state index contributed by atoms with van der Waals surface area (Å²) in [5.41, 5.74) is -4.12. The summed E-state index contributed by atoms with van der Waals surface area (Å²) in [6.07, 6.45) is -4.73. The van der Waals surface area contributed by atoms with Gasteiger partial charge < -0.3 is 14.1 Å². The van der Waals surface area contributed by atoms with E-state index in [4.69, 9.17) is 16.0 Å². The first-order valence-electron chi connectivity index (χ1n) is 7.74. The number of benzene rings is 1. The highest BCUT2D eigenvalue weighted by molar-refractivity contribution is 6.35. The van der Waals surface area contributed by atoms with Crippen LogP contribution in [-0.2, 0) is 18.8 Å². The molecule has 144 valence electrons. The molecule has 0 saturated carbocycles. The molecule has 1 N–H and O–H groups in total. The van der Waals surface area contributed by atoms with E-state index in [9.17, 15) is 27.5 Å². The van der Waals surface area contributed by atoms with Crippen LogP contribution >= 0.6 is 11.6 Å². The standard InChI is InChI=1S/C18H14ClF4NO3/c1-17(2,26)13-6-9-14(11(20)7-10(19)15(9)27-13)8-4-5-12(18(21,22)23)24(3)16(8)25/h4-7,26H,1-3H3. The lowest BCUT2D eigenvalue weighted by molar-refractivity contribution is -0.143. The quantitative estimate of drug-likeness (QED) is 0.623. The van der Waals surface area contributed by atoms with Crippen molar-refractivity contribution >= 4 is 22.6 Å². The van der Waals surface area contributed by atoms with E-state index in [0.717, 1.165) is 19.2 Å². The molecule has 2 heterocycles. The van der Waals surface area contributed by atoms with Gasteiger partial charge in [0.2, 0.25) is 0 Å². The molecule has 27 heavy (non-hydrogen) atoms. The van der Waals surface area contributed by atoms with Crippen LogP contribution in [-0.4, -0.2) is 9.67 Å². The zero-order valence-electron chi connectivity index (χ0n) is 14.4. The Morgan fingerprint density at radius 1 is 1.19 bits per heavy atom. The molecule has 2 aromatic heterocycles. The first-order chi connectivity index (χ1) is 12.3. The number of hydrogen-bond donors (Lipinski definition) is 1. The van der Waals surface area contributed by atoms with Crippen molar-refractivity contribution in [3.8, 4) is 11.1 Å². The van der Waals surface area contributed by atoms with E-state index in [-0.39, 0.29) is 32.9 Å². The van der Waals surface area contributed by atoms with Gasteiger partial charge in [0.25, 0.3) is 5.56 Å². The summed E-state index contributed by atoms with van der Waals surface area (Å²) in [5.74, 6) is -0.831. The van der Waals surface area contributed by atoms with Gasteiger partial charge in [-0.25, -0.2) is 4.39 Å². The molecule has 0 fully saturated rings. The smallest absolute Gasteiger partial charge is 0.431 e. The molecule has 9 heteroatoms. The Kier molecular flexibility index (Phi) is 4.39. The molecule has 0 spiro atoms. The molecule has 0 bridgehead atoms. The Morgan fingerprint density at radius 2 is 1.81 bits per heavy atom. The number of nitrogens with zero attached hydrogens (tertiary/aromatic N) is 1. The van der Waals surface area contributed by atoms with Crippen LogP contribution in [0.4, 0.5) is 17.6 Å². The average Bonchev–Trinajstić information content (AvgIpc) is 2.95. The highest BCUT2D eigenvalue weighted by atomic mass is 35.5. The van der Waals surface area contributed by atoms with Gasteiger partial charge in [-0.05, 0) is 38.1 Å². The average molecular weight is 404 g/mol. The lowest BCUT2D eigenvalue weighted by atomic mass is 10.00. The van der Waals surface area contributed by atoms with Crippen LogP contribution in [0.15, 0.2) is 33.5 Å². The molecule has 0 aliphatic carbocycles. The summed E-state index contributed by atoms with van der Waals surface area (Å²) in [7, 11) is 0.956. The maximum atomic E-state index is 14.7. The van der Waals surface area contributed by atoms with Crippen molar-refractivity contribution in [3.05, 3.63) is 56.9 Å². The van der Waals surface area contributed by atoms with E-state index in [1.54, 1.807) is 0 Å². The number of alkyl halides is 3. The van der Waals surface area contributed by atoms with Crippen molar-refractivity contribution in [2.24, 2.45) is 7.05 Å². The summed E-state index contributed by atoms with van der Waals surface area (Å²) < 4.78 is 59.5. The normalized spacial score (nSPS) is 12.8. The van der Waals surface area contributed by atoms with Crippen molar-refractivity contribution < 1.29 is 27.1 Å². The third kappa shape index (κ3) is 3.23. The van der Waals surface area contributed by atoms with Gasteiger partial charge in [-0.3, -0.25) is 4.79 Å². The number of aromatic nitrogens is 1. The number of fused-ring (bicyclic) bond motifs is 1. The fourth-order valence-corrected chi connectivity index (χ4v) is 3.05. The molecule has 0 amide bonds. The summed E-state index contributed by atoms with van der Waals surface area (Å²) in [6, 6.07) is 3.84. The van der Waals surface area contributed by atoms with Crippen LogP contribution in [0.5, 0.6) is 0 Å². The second kappa shape index (κ2) is 6.10. The van der Waals surface area contributed by atoms with Crippen LogP contribution < -0.4 is 5.56 Å². The second-order valence-electron chi connectivity index (χ2n) is 6.62. The van der Waals surface area contributed by atoms with Gasteiger partial charge in [-0.2, -0.15) is 13.2 Å². The first-order valence-corrected chi connectivity index (χ1v) is 8.12.